The monoisotopic (exact) mass is 581 g/mol. The van der Waals surface area contributed by atoms with Crippen LogP contribution in [0.15, 0.2) is 109 Å². The first-order valence-electron chi connectivity index (χ1n) is 9.70. The molecule has 2 aromatic carbocycles. The van der Waals surface area contributed by atoms with Crippen LogP contribution in [0, 0.1) is 12.3 Å². The van der Waals surface area contributed by atoms with Crippen LogP contribution >= 0.6 is 0 Å². The van der Waals surface area contributed by atoms with Crippen LogP contribution in [0.3, 0.4) is 0 Å². The van der Waals surface area contributed by atoms with E-state index in [0.717, 1.165) is 34.3 Å². The van der Waals surface area contributed by atoms with Gasteiger partial charge in [0.15, 0.2) is 0 Å². The number of para-hydroxylation sites is 1. The van der Waals surface area contributed by atoms with Crippen LogP contribution in [-0.2, 0) is 21.1 Å². The van der Waals surface area contributed by atoms with E-state index in [2.05, 4.69) is 34.3 Å². The molecule has 5 heteroatoms. The second-order valence-electron chi connectivity index (χ2n) is 6.70. The molecule has 0 saturated heterocycles. The second-order valence-corrected chi connectivity index (χ2v) is 6.70. The molecule has 0 aliphatic carbocycles. The zero-order chi connectivity index (χ0) is 20.2. The van der Waals surface area contributed by atoms with Crippen molar-refractivity contribution < 1.29 is 21.1 Å². The average molecular weight is 582 g/mol. The van der Waals surface area contributed by atoms with Crippen LogP contribution in [-0.4, -0.2) is 14.5 Å². The predicted molar refractivity (Wildman–Crippen MR) is 119 cm³/mol. The van der Waals surface area contributed by atoms with E-state index in [1.54, 1.807) is 6.20 Å². The Kier molecular flexibility index (Phi) is 6.39. The summed E-state index contributed by atoms with van der Waals surface area (Å²) in [6.45, 7) is 0. The van der Waals surface area contributed by atoms with Crippen molar-refractivity contribution in [3.8, 4) is 17.1 Å². The Morgan fingerprint density at radius 1 is 0.774 bits per heavy atom. The van der Waals surface area contributed by atoms with Gasteiger partial charge in [-0.15, -0.1) is 42.1 Å². The standard InChI is InChI=1S/C26H18N4.Pt/c1-2-11-22(12-3-1)30(26-16-9-15-25(28-26)29-18-6-7-19-29)23-13-8-10-21(20-23)24-14-4-5-17-27-24;/h1-18H;/q-2;+2. The summed E-state index contributed by atoms with van der Waals surface area (Å²) in [6, 6.07) is 35.5. The third-order valence-corrected chi connectivity index (χ3v) is 4.72. The summed E-state index contributed by atoms with van der Waals surface area (Å²) in [4.78, 5) is 11.5. The SMILES string of the molecule is [Pt+2].[c-]1c(-c2ccccn2)cccc1N(c1ccccc1)c1cccc(-n2[c-]ccc2)n1. The fraction of sp³-hybridized carbons (Fsp3) is 0. The van der Waals surface area contributed by atoms with Crippen molar-refractivity contribution in [3.05, 3.63) is 122 Å². The quantitative estimate of drug-likeness (QED) is 0.239. The molecule has 0 unspecified atom stereocenters. The Hall–Kier alpha value is -3.49. The number of hydrogen-bond donors (Lipinski definition) is 0. The van der Waals surface area contributed by atoms with Gasteiger partial charge < -0.3 is 14.5 Å². The van der Waals surface area contributed by atoms with E-state index in [0.29, 0.717) is 0 Å². The molecule has 0 amide bonds. The minimum absolute atomic E-state index is 0. The molecule has 0 N–H and O–H groups in total. The molecule has 0 bridgehead atoms. The van der Waals surface area contributed by atoms with Gasteiger partial charge in [0.25, 0.3) is 0 Å². The second kappa shape index (κ2) is 9.55. The van der Waals surface area contributed by atoms with Gasteiger partial charge in [-0.1, -0.05) is 48.7 Å². The molecule has 0 fully saturated rings. The van der Waals surface area contributed by atoms with E-state index in [9.17, 15) is 0 Å². The first-order chi connectivity index (χ1) is 14.9. The average Bonchev–Trinajstić information content (AvgIpc) is 3.36. The zero-order valence-electron chi connectivity index (χ0n) is 16.5. The maximum atomic E-state index is 4.89. The van der Waals surface area contributed by atoms with Gasteiger partial charge in [-0.25, -0.2) is 0 Å². The van der Waals surface area contributed by atoms with Gasteiger partial charge in [0.05, 0.1) is 5.82 Å². The van der Waals surface area contributed by atoms with Crippen molar-refractivity contribution in [2.75, 3.05) is 4.90 Å². The number of rotatable bonds is 5. The summed E-state index contributed by atoms with van der Waals surface area (Å²) in [5.74, 6) is 1.61. The van der Waals surface area contributed by atoms with Crippen molar-refractivity contribution >= 4 is 17.2 Å². The Morgan fingerprint density at radius 3 is 2.39 bits per heavy atom. The summed E-state index contributed by atoms with van der Waals surface area (Å²) in [6.07, 6.45) is 6.88. The molecule has 0 saturated carbocycles. The fourth-order valence-corrected chi connectivity index (χ4v) is 3.34. The van der Waals surface area contributed by atoms with Crippen LogP contribution in [0.2, 0.25) is 0 Å². The molecule has 5 aromatic rings. The Balaban J connectivity index is 0.00000231. The van der Waals surface area contributed by atoms with E-state index in [4.69, 9.17) is 4.98 Å². The largest absolute Gasteiger partial charge is 2.00 e. The predicted octanol–water partition coefficient (Wildman–Crippen LogP) is 6.00. The van der Waals surface area contributed by atoms with Crippen molar-refractivity contribution in [3.63, 3.8) is 0 Å². The van der Waals surface area contributed by atoms with Gasteiger partial charge in [-0.05, 0) is 35.6 Å². The molecule has 0 radical (unpaired) electrons. The summed E-state index contributed by atoms with van der Waals surface area (Å²) in [7, 11) is 0. The maximum Gasteiger partial charge on any atom is 2.00 e. The van der Waals surface area contributed by atoms with Crippen molar-refractivity contribution in [2.24, 2.45) is 0 Å². The molecule has 0 atom stereocenters. The molecular weight excluding hydrogens is 563 g/mol. The number of anilines is 3. The Morgan fingerprint density at radius 2 is 1.61 bits per heavy atom. The van der Waals surface area contributed by atoms with E-state index >= 15 is 0 Å². The molecular formula is C26H18N4Pt. The Labute approximate surface area is 196 Å². The van der Waals surface area contributed by atoms with Crippen molar-refractivity contribution in [1.29, 1.82) is 0 Å². The fourth-order valence-electron chi connectivity index (χ4n) is 3.34. The molecule has 152 valence electrons. The van der Waals surface area contributed by atoms with Gasteiger partial charge in [0.2, 0.25) is 0 Å². The van der Waals surface area contributed by atoms with Crippen LogP contribution in [0.4, 0.5) is 17.2 Å². The minimum Gasteiger partial charge on any atom is -0.436 e. The maximum absolute atomic E-state index is 4.89. The van der Waals surface area contributed by atoms with Crippen LogP contribution in [0.1, 0.15) is 0 Å². The Bertz CT molecular complexity index is 1240. The zero-order valence-corrected chi connectivity index (χ0v) is 18.8. The normalized spacial score (nSPS) is 10.3. The molecule has 0 aliphatic heterocycles. The van der Waals surface area contributed by atoms with Gasteiger partial charge in [-0.2, -0.15) is 6.07 Å². The number of hydrogen-bond acceptors (Lipinski definition) is 3. The number of pyridine rings is 2. The summed E-state index contributed by atoms with van der Waals surface area (Å²) >= 11 is 0. The molecule has 5 rings (SSSR count). The van der Waals surface area contributed by atoms with E-state index in [-0.39, 0.29) is 21.1 Å². The number of nitrogens with zero attached hydrogens (tertiary/aromatic N) is 4. The third kappa shape index (κ3) is 4.50. The van der Waals surface area contributed by atoms with Gasteiger partial charge in [0, 0.05) is 11.9 Å². The summed E-state index contributed by atoms with van der Waals surface area (Å²) in [5.41, 5.74) is 3.72. The van der Waals surface area contributed by atoms with Gasteiger partial charge in [-0.3, -0.25) is 4.98 Å². The van der Waals surface area contributed by atoms with E-state index < -0.39 is 0 Å². The van der Waals surface area contributed by atoms with Crippen molar-refractivity contribution in [1.82, 2.24) is 14.5 Å². The summed E-state index contributed by atoms with van der Waals surface area (Å²) < 4.78 is 1.88. The third-order valence-electron chi connectivity index (χ3n) is 4.72. The van der Waals surface area contributed by atoms with Crippen LogP contribution < -0.4 is 4.90 Å². The van der Waals surface area contributed by atoms with E-state index in [1.165, 1.54) is 0 Å². The number of aromatic nitrogens is 3. The first-order valence-corrected chi connectivity index (χ1v) is 9.70. The number of benzene rings is 2. The first kappa shape index (κ1) is 20.8. The van der Waals surface area contributed by atoms with Gasteiger partial charge >= 0.3 is 21.1 Å². The molecule has 0 aliphatic rings. The molecule has 0 spiro atoms. The molecule has 31 heavy (non-hydrogen) atoms. The van der Waals surface area contributed by atoms with Crippen LogP contribution in [0.25, 0.3) is 17.1 Å². The molecule has 3 heterocycles. The smallest absolute Gasteiger partial charge is 0.436 e. The van der Waals surface area contributed by atoms with Gasteiger partial charge in [0.1, 0.15) is 5.82 Å². The van der Waals surface area contributed by atoms with E-state index in [1.807, 2.05) is 95.7 Å². The molecule has 3 aromatic heterocycles. The van der Waals surface area contributed by atoms with Crippen molar-refractivity contribution in [2.45, 2.75) is 0 Å². The minimum atomic E-state index is 0. The summed E-state index contributed by atoms with van der Waals surface area (Å²) in [5, 5.41) is 0. The van der Waals surface area contributed by atoms with Crippen LogP contribution in [0.5, 0.6) is 0 Å². The topological polar surface area (TPSA) is 34.0 Å². The molecule has 4 nitrogen and oxygen atoms in total.